The van der Waals surface area contributed by atoms with Crippen LogP contribution in [-0.4, -0.2) is 52.4 Å². The molecule has 0 radical (unpaired) electrons. The quantitative estimate of drug-likeness (QED) is 0.155. The van der Waals surface area contributed by atoms with E-state index in [1.54, 1.807) is 0 Å². The lowest BCUT2D eigenvalue weighted by atomic mass is 10.6. The first-order valence-electron chi connectivity index (χ1n) is 5.35. The SMILES string of the molecule is NCCNCCNONCCNCCN. The summed E-state index contributed by atoms with van der Waals surface area (Å²) in [6.07, 6.45) is 0. The minimum atomic E-state index is 0.659. The Morgan fingerprint density at radius 3 is 1.53 bits per heavy atom. The zero-order chi connectivity index (χ0) is 11.2. The predicted molar refractivity (Wildman–Crippen MR) is 60.9 cm³/mol. The van der Waals surface area contributed by atoms with E-state index in [0.29, 0.717) is 13.1 Å². The van der Waals surface area contributed by atoms with Crippen LogP contribution in [0.25, 0.3) is 0 Å². The molecule has 92 valence electrons. The predicted octanol–water partition coefficient (Wildman–Crippen LogP) is -2.89. The average molecular weight is 220 g/mol. The third-order valence-corrected chi connectivity index (χ3v) is 1.59. The highest BCUT2D eigenvalue weighted by atomic mass is 16.8. The third-order valence-electron chi connectivity index (χ3n) is 1.59. The van der Waals surface area contributed by atoms with Crippen molar-refractivity contribution in [3.05, 3.63) is 0 Å². The van der Waals surface area contributed by atoms with Crippen molar-refractivity contribution in [2.24, 2.45) is 11.5 Å². The molecule has 0 fully saturated rings. The van der Waals surface area contributed by atoms with Crippen LogP contribution in [0.4, 0.5) is 0 Å². The summed E-state index contributed by atoms with van der Waals surface area (Å²) in [6, 6.07) is 0. The lowest BCUT2D eigenvalue weighted by molar-refractivity contribution is -0.0362. The van der Waals surface area contributed by atoms with Crippen molar-refractivity contribution in [2.75, 3.05) is 52.4 Å². The van der Waals surface area contributed by atoms with Gasteiger partial charge in [-0.3, -0.25) is 0 Å². The fourth-order valence-corrected chi connectivity index (χ4v) is 0.886. The summed E-state index contributed by atoms with van der Waals surface area (Å²) in [6.45, 7) is 6.13. The van der Waals surface area contributed by atoms with E-state index in [0.717, 1.165) is 39.3 Å². The second-order valence-corrected chi connectivity index (χ2v) is 2.97. The Balaban J connectivity index is 2.81. The molecule has 7 heteroatoms. The van der Waals surface area contributed by atoms with E-state index < -0.39 is 0 Å². The molecule has 0 aliphatic rings. The molecule has 0 aromatic heterocycles. The molecule has 0 bridgehead atoms. The third kappa shape index (κ3) is 13.7. The molecule has 0 spiro atoms. The Bertz CT molecular complexity index is 103. The van der Waals surface area contributed by atoms with Gasteiger partial charge in [-0.25, -0.2) is 4.94 Å². The van der Waals surface area contributed by atoms with Crippen LogP contribution in [-0.2, 0) is 4.94 Å². The van der Waals surface area contributed by atoms with Gasteiger partial charge in [0.25, 0.3) is 0 Å². The zero-order valence-corrected chi connectivity index (χ0v) is 9.22. The highest BCUT2D eigenvalue weighted by Crippen LogP contribution is 1.61. The highest BCUT2D eigenvalue weighted by Gasteiger charge is 1.88. The average Bonchev–Trinajstić information content (AvgIpc) is 2.26. The summed E-state index contributed by atoms with van der Waals surface area (Å²) in [5.41, 5.74) is 16.1. The molecule has 0 heterocycles. The fraction of sp³-hybridized carbons (Fsp3) is 1.00. The lowest BCUT2D eigenvalue weighted by Gasteiger charge is -2.07. The van der Waals surface area contributed by atoms with E-state index in [1.807, 2.05) is 0 Å². The number of nitrogens with one attached hydrogen (secondary N) is 4. The Labute approximate surface area is 91.2 Å². The fourth-order valence-electron chi connectivity index (χ4n) is 0.886. The Hall–Kier alpha value is -0.280. The van der Waals surface area contributed by atoms with E-state index in [2.05, 4.69) is 21.6 Å². The molecular formula is C8H24N6O. The first-order chi connectivity index (χ1) is 7.41. The topological polar surface area (TPSA) is 109 Å². The van der Waals surface area contributed by atoms with Gasteiger partial charge in [0.1, 0.15) is 0 Å². The van der Waals surface area contributed by atoms with Crippen molar-refractivity contribution in [2.45, 2.75) is 0 Å². The molecule has 15 heavy (non-hydrogen) atoms. The monoisotopic (exact) mass is 220 g/mol. The van der Waals surface area contributed by atoms with Crippen LogP contribution in [0.2, 0.25) is 0 Å². The van der Waals surface area contributed by atoms with Crippen molar-refractivity contribution in [3.63, 3.8) is 0 Å². The van der Waals surface area contributed by atoms with Crippen LogP contribution < -0.4 is 33.1 Å². The zero-order valence-electron chi connectivity index (χ0n) is 9.22. The molecule has 8 N–H and O–H groups in total. The minimum Gasteiger partial charge on any atom is -0.329 e. The molecule has 0 aliphatic heterocycles. The summed E-state index contributed by atoms with van der Waals surface area (Å²) < 4.78 is 0. The summed E-state index contributed by atoms with van der Waals surface area (Å²) in [5, 5.41) is 6.26. The van der Waals surface area contributed by atoms with Gasteiger partial charge in [-0.05, 0) is 0 Å². The van der Waals surface area contributed by atoms with Gasteiger partial charge in [-0.15, -0.1) is 0 Å². The van der Waals surface area contributed by atoms with Gasteiger partial charge in [-0.1, -0.05) is 0 Å². The number of hydroxylamine groups is 2. The van der Waals surface area contributed by atoms with Crippen LogP contribution in [0.1, 0.15) is 0 Å². The van der Waals surface area contributed by atoms with Gasteiger partial charge < -0.3 is 22.1 Å². The van der Waals surface area contributed by atoms with E-state index in [4.69, 9.17) is 16.4 Å². The van der Waals surface area contributed by atoms with Gasteiger partial charge in [0.05, 0.1) is 0 Å². The molecular weight excluding hydrogens is 196 g/mol. The highest BCUT2D eigenvalue weighted by molar-refractivity contribution is 4.48. The Morgan fingerprint density at radius 2 is 1.13 bits per heavy atom. The molecule has 7 nitrogen and oxygen atoms in total. The largest absolute Gasteiger partial charge is 0.329 e. The number of rotatable bonds is 12. The van der Waals surface area contributed by atoms with Gasteiger partial charge in [0.2, 0.25) is 0 Å². The van der Waals surface area contributed by atoms with Crippen LogP contribution >= 0.6 is 0 Å². The van der Waals surface area contributed by atoms with Crippen LogP contribution in [0.5, 0.6) is 0 Å². The van der Waals surface area contributed by atoms with E-state index in [-0.39, 0.29) is 0 Å². The van der Waals surface area contributed by atoms with Crippen LogP contribution in [0.3, 0.4) is 0 Å². The maximum Gasteiger partial charge on any atom is 0.0354 e. The summed E-state index contributed by atoms with van der Waals surface area (Å²) in [7, 11) is 0. The first kappa shape index (κ1) is 14.7. The Kier molecular flexibility index (Phi) is 13.5. The molecule has 0 aromatic rings. The summed E-state index contributed by atoms with van der Waals surface area (Å²) in [5.74, 6) is 0. The van der Waals surface area contributed by atoms with Gasteiger partial charge >= 0.3 is 0 Å². The van der Waals surface area contributed by atoms with E-state index in [9.17, 15) is 0 Å². The molecule has 0 atom stereocenters. The number of nitrogens with two attached hydrogens (primary N) is 2. The van der Waals surface area contributed by atoms with Gasteiger partial charge in [-0.2, -0.15) is 11.0 Å². The van der Waals surface area contributed by atoms with Crippen molar-refractivity contribution < 1.29 is 4.94 Å². The number of hydrogen-bond donors (Lipinski definition) is 6. The number of hydrogen-bond acceptors (Lipinski definition) is 7. The second kappa shape index (κ2) is 13.7. The van der Waals surface area contributed by atoms with Gasteiger partial charge in [0, 0.05) is 52.4 Å². The van der Waals surface area contributed by atoms with Crippen molar-refractivity contribution in [3.8, 4) is 0 Å². The van der Waals surface area contributed by atoms with Crippen LogP contribution in [0.15, 0.2) is 0 Å². The minimum absolute atomic E-state index is 0.659. The van der Waals surface area contributed by atoms with Crippen molar-refractivity contribution >= 4 is 0 Å². The summed E-state index contributed by atoms with van der Waals surface area (Å²) >= 11 is 0. The lowest BCUT2D eigenvalue weighted by Crippen LogP contribution is -2.36. The first-order valence-corrected chi connectivity index (χ1v) is 5.35. The normalized spacial score (nSPS) is 10.8. The van der Waals surface area contributed by atoms with Crippen LogP contribution in [0, 0.1) is 0 Å². The van der Waals surface area contributed by atoms with Crippen molar-refractivity contribution in [1.29, 1.82) is 0 Å². The van der Waals surface area contributed by atoms with Crippen molar-refractivity contribution in [1.82, 2.24) is 21.6 Å². The molecule has 0 saturated carbocycles. The maximum atomic E-state index is 5.31. The van der Waals surface area contributed by atoms with E-state index >= 15 is 0 Å². The van der Waals surface area contributed by atoms with Gasteiger partial charge in [0.15, 0.2) is 0 Å². The smallest absolute Gasteiger partial charge is 0.0354 e. The molecule has 0 rings (SSSR count). The molecule has 0 amide bonds. The molecule has 0 unspecified atom stereocenters. The summed E-state index contributed by atoms with van der Waals surface area (Å²) in [4.78, 5) is 4.95. The maximum absolute atomic E-state index is 5.31. The molecule has 0 aromatic carbocycles. The molecule has 0 saturated heterocycles. The second-order valence-electron chi connectivity index (χ2n) is 2.97. The Morgan fingerprint density at radius 1 is 0.667 bits per heavy atom. The standard InChI is InChI=1S/C8H24N6O/c9-1-3-11-5-7-13-15-14-8-6-12-4-2-10/h11-14H,1-10H2. The molecule has 0 aliphatic carbocycles. The van der Waals surface area contributed by atoms with E-state index in [1.165, 1.54) is 0 Å².